The van der Waals surface area contributed by atoms with Gasteiger partial charge < -0.3 is 10.1 Å². The van der Waals surface area contributed by atoms with Gasteiger partial charge in [-0.2, -0.15) is 11.8 Å². The predicted molar refractivity (Wildman–Crippen MR) is 100 cm³/mol. The van der Waals surface area contributed by atoms with E-state index in [4.69, 9.17) is 16.3 Å². The van der Waals surface area contributed by atoms with E-state index < -0.39 is 0 Å². The summed E-state index contributed by atoms with van der Waals surface area (Å²) in [6.07, 6.45) is 0. The SMILES string of the molecule is O=C(COc1ccc(Br)cc1)NCCSCc1c(F)cccc1Cl. The third kappa shape index (κ3) is 6.34. The zero-order chi connectivity index (χ0) is 17.4. The van der Waals surface area contributed by atoms with Gasteiger partial charge in [-0.1, -0.05) is 33.6 Å². The third-order valence-electron chi connectivity index (χ3n) is 3.06. The number of halogens is 3. The Morgan fingerprint density at radius 1 is 1.25 bits per heavy atom. The first-order valence-corrected chi connectivity index (χ1v) is 9.54. The lowest BCUT2D eigenvalue weighted by molar-refractivity contribution is -0.122. The second-order valence-corrected chi connectivity index (χ2v) is 7.27. The van der Waals surface area contributed by atoms with Crippen LogP contribution in [0.5, 0.6) is 5.75 Å². The quantitative estimate of drug-likeness (QED) is 0.616. The molecule has 3 nitrogen and oxygen atoms in total. The van der Waals surface area contributed by atoms with Gasteiger partial charge in [0.25, 0.3) is 5.91 Å². The van der Waals surface area contributed by atoms with E-state index in [-0.39, 0.29) is 18.3 Å². The first-order valence-electron chi connectivity index (χ1n) is 7.22. The highest BCUT2D eigenvalue weighted by Gasteiger charge is 2.07. The number of amides is 1. The fourth-order valence-corrected chi connectivity index (χ4v) is 3.30. The van der Waals surface area contributed by atoms with Crippen molar-refractivity contribution in [3.63, 3.8) is 0 Å². The largest absolute Gasteiger partial charge is 0.484 e. The Bertz CT molecular complexity index is 665. The summed E-state index contributed by atoms with van der Waals surface area (Å²) in [4.78, 5) is 11.7. The van der Waals surface area contributed by atoms with Gasteiger partial charge >= 0.3 is 0 Å². The summed E-state index contributed by atoms with van der Waals surface area (Å²) in [7, 11) is 0. The molecular weight excluding hydrogens is 417 g/mol. The number of hydrogen-bond donors (Lipinski definition) is 1. The highest BCUT2D eigenvalue weighted by molar-refractivity contribution is 9.10. The van der Waals surface area contributed by atoms with Crippen molar-refractivity contribution in [2.45, 2.75) is 5.75 Å². The third-order valence-corrected chi connectivity index (χ3v) is 4.93. The fourth-order valence-electron chi connectivity index (χ4n) is 1.84. The van der Waals surface area contributed by atoms with E-state index in [1.807, 2.05) is 12.1 Å². The van der Waals surface area contributed by atoms with E-state index in [9.17, 15) is 9.18 Å². The molecule has 2 aromatic rings. The van der Waals surface area contributed by atoms with Crippen LogP contribution in [-0.2, 0) is 10.5 Å². The summed E-state index contributed by atoms with van der Waals surface area (Å²) >= 11 is 10.8. The Labute approximate surface area is 158 Å². The van der Waals surface area contributed by atoms with Gasteiger partial charge in [0, 0.05) is 33.1 Å². The number of hydrogen-bond acceptors (Lipinski definition) is 3. The topological polar surface area (TPSA) is 38.3 Å². The van der Waals surface area contributed by atoms with E-state index in [1.54, 1.807) is 24.3 Å². The van der Waals surface area contributed by atoms with Crippen molar-refractivity contribution in [3.05, 3.63) is 63.3 Å². The molecule has 7 heteroatoms. The van der Waals surface area contributed by atoms with Crippen LogP contribution in [-0.4, -0.2) is 24.8 Å². The number of carbonyl (C=O) groups excluding carboxylic acids is 1. The Morgan fingerprint density at radius 2 is 2.00 bits per heavy atom. The van der Waals surface area contributed by atoms with Gasteiger partial charge in [-0.3, -0.25) is 4.79 Å². The highest BCUT2D eigenvalue weighted by Crippen LogP contribution is 2.23. The van der Waals surface area contributed by atoms with E-state index in [1.165, 1.54) is 17.8 Å². The van der Waals surface area contributed by atoms with E-state index in [0.717, 1.165) is 4.47 Å². The molecule has 0 unspecified atom stereocenters. The molecule has 128 valence electrons. The van der Waals surface area contributed by atoms with E-state index in [2.05, 4.69) is 21.2 Å². The van der Waals surface area contributed by atoms with Crippen LogP contribution in [0.1, 0.15) is 5.56 Å². The molecule has 0 aromatic heterocycles. The second kappa shape index (κ2) is 9.91. The van der Waals surface area contributed by atoms with Crippen LogP contribution in [0.3, 0.4) is 0 Å². The smallest absolute Gasteiger partial charge is 0.257 e. The summed E-state index contributed by atoms with van der Waals surface area (Å²) in [6.45, 7) is 0.449. The summed E-state index contributed by atoms with van der Waals surface area (Å²) in [5, 5.41) is 3.18. The lowest BCUT2D eigenvalue weighted by Crippen LogP contribution is -2.30. The molecule has 24 heavy (non-hydrogen) atoms. The van der Waals surface area contributed by atoms with Crippen LogP contribution >= 0.6 is 39.3 Å². The second-order valence-electron chi connectivity index (χ2n) is 4.85. The molecule has 0 atom stereocenters. The molecule has 0 aliphatic heterocycles. The van der Waals surface area contributed by atoms with Gasteiger partial charge in [-0.15, -0.1) is 0 Å². The van der Waals surface area contributed by atoms with Crippen LogP contribution in [0.2, 0.25) is 5.02 Å². The van der Waals surface area contributed by atoms with E-state index in [0.29, 0.717) is 34.4 Å². The molecule has 0 spiro atoms. The summed E-state index contributed by atoms with van der Waals surface area (Å²) in [5.74, 6) is 1.27. The number of rotatable bonds is 8. The molecule has 0 saturated carbocycles. The van der Waals surface area contributed by atoms with Crippen molar-refractivity contribution in [1.29, 1.82) is 0 Å². The highest BCUT2D eigenvalue weighted by atomic mass is 79.9. The van der Waals surface area contributed by atoms with Gasteiger partial charge in [0.15, 0.2) is 6.61 Å². The standard InChI is InChI=1S/C17H16BrClFNO2S/c18-12-4-6-13(7-5-12)23-10-17(22)21-8-9-24-11-14-15(19)2-1-3-16(14)20/h1-7H,8-11H2,(H,21,22). The fraction of sp³-hybridized carbons (Fsp3) is 0.235. The van der Waals surface area contributed by atoms with Crippen LogP contribution in [0.25, 0.3) is 0 Å². The van der Waals surface area contributed by atoms with Gasteiger partial charge in [0.05, 0.1) is 0 Å². The van der Waals surface area contributed by atoms with Crippen molar-refractivity contribution >= 4 is 45.2 Å². The molecule has 0 fully saturated rings. The lowest BCUT2D eigenvalue weighted by atomic mass is 10.2. The minimum Gasteiger partial charge on any atom is -0.484 e. The minimum absolute atomic E-state index is 0.0363. The average Bonchev–Trinajstić information content (AvgIpc) is 2.56. The molecule has 0 saturated heterocycles. The number of thioether (sulfide) groups is 1. The van der Waals surface area contributed by atoms with Gasteiger partial charge in [-0.05, 0) is 36.4 Å². The maximum Gasteiger partial charge on any atom is 0.257 e. The molecule has 2 rings (SSSR count). The lowest BCUT2D eigenvalue weighted by Gasteiger charge is -2.08. The minimum atomic E-state index is -0.304. The Kier molecular flexibility index (Phi) is 7.88. The maximum absolute atomic E-state index is 13.6. The van der Waals surface area contributed by atoms with Crippen LogP contribution in [0, 0.1) is 5.82 Å². The normalized spacial score (nSPS) is 10.5. The number of benzene rings is 2. The summed E-state index contributed by atoms with van der Waals surface area (Å²) in [6, 6.07) is 11.9. The Hall–Kier alpha value is -1.24. The van der Waals surface area contributed by atoms with Gasteiger partial charge in [0.1, 0.15) is 11.6 Å². The molecule has 2 aromatic carbocycles. The molecule has 0 aliphatic carbocycles. The number of ether oxygens (including phenoxy) is 1. The van der Waals surface area contributed by atoms with E-state index >= 15 is 0 Å². The van der Waals surface area contributed by atoms with Crippen molar-refractivity contribution < 1.29 is 13.9 Å². The molecule has 0 heterocycles. The number of carbonyl (C=O) groups is 1. The summed E-state index contributed by atoms with van der Waals surface area (Å²) < 4.78 is 19.9. The maximum atomic E-state index is 13.6. The molecule has 0 bridgehead atoms. The molecular formula is C17H16BrClFNO2S. The Morgan fingerprint density at radius 3 is 2.71 bits per heavy atom. The van der Waals surface area contributed by atoms with Gasteiger partial charge in [0.2, 0.25) is 0 Å². The zero-order valence-corrected chi connectivity index (χ0v) is 15.9. The van der Waals surface area contributed by atoms with Gasteiger partial charge in [-0.25, -0.2) is 4.39 Å². The summed E-state index contributed by atoms with van der Waals surface area (Å²) in [5.41, 5.74) is 0.495. The van der Waals surface area contributed by atoms with Crippen LogP contribution in [0.4, 0.5) is 4.39 Å². The monoisotopic (exact) mass is 431 g/mol. The average molecular weight is 433 g/mol. The van der Waals surface area contributed by atoms with Crippen LogP contribution < -0.4 is 10.1 Å². The molecule has 1 N–H and O–H groups in total. The van der Waals surface area contributed by atoms with Crippen LogP contribution in [0.15, 0.2) is 46.9 Å². The van der Waals surface area contributed by atoms with Crippen molar-refractivity contribution in [2.75, 3.05) is 18.9 Å². The number of nitrogens with one attached hydrogen (secondary N) is 1. The molecule has 1 amide bonds. The first kappa shape index (κ1) is 19.1. The first-order chi connectivity index (χ1) is 11.6. The van der Waals surface area contributed by atoms with Crippen molar-refractivity contribution in [2.24, 2.45) is 0 Å². The zero-order valence-electron chi connectivity index (χ0n) is 12.7. The molecule has 0 radical (unpaired) electrons. The Balaban J connectivity index is 1.62. The molecule has 0 aliphatic rings. The van der Waals surface area contributed by atoms with Crippen molar-refractivity contribution in [1.82, 2.24) is 5.32 Å². The predicted octanol–water partition coefficient (Wildman–Crippen LogP) is 4.67. The van der Waals surface area contributed by atoms with Crippen molar-refractivity contribution in [3.8, 4) is 5.75 Å².